The minimum absolute atomic E-state index is 0.000349. The second-order valence-corrected chi connectivity index (χ2v) is 25.7. The molecule has 0 atom stereocenters. The molecule has 0 N–H and O–H groups in total. The number of imide groups is 2. The highest BCUT2D eigenvalue weighted by Gasteiger charge is 2.42. The molecule has 448 valence electrons. The van der Waals surface area contributed by atoms with Crippen molar-refractivity contribution in [2.75, 3.05) is 19.6 Å². The van der Waals surface area contributed by atoms with E-state index in [4.69, 9.17) is 0 Å². The van der Waals surface area contributed by atoms with E-state index in [0.29, 0.717) is 44.4 Å². The van der Waals surface area contributed by atoms with E-state index in [2.05, 4.69) is 162 Å². The van der Waals surface area contributed by atoms with E-state index in [-0.39, 0.29) is 35.5 Å². The molecule has 2 aliphatic heterocycles. The molecule has 92 heavy (non-hydrogen) atoms. The van der Waals surface area contributed by atoms with Crippen LogP contribution in [0.4, 0.5) is 45.5 Å². The summed E-state index contributed by atoms with van der Waals surface area (Å²) in [7, 11) is 0. The molecule has 0 aromatic heterocycles. The van der Waals surface area contributed by atoms with Crippen molar-refractivity contribution in [2.45, 2.75) is 79.1 Å². The van der Waals surface area contributed by atoms with Crippen LogP contribution in [0.2, 0.25) is 0 Å². The van der Waals surface area contributed by atoms with E-state index in [0.717, 1.165) is 111 Å². The van der Waals surface area contributed by atoms with Crippen LogP contribution in [0.3, 0.4) is 0 Å². The van der Waals surface area contributed by atoms with Gasteiger partial charge in [-0.15, -0.1) is 0 Å². The van der Waals surface area contributed by atoms with Crippen LogP contribution in [0.25, 0.3) is 65.3 Å². The van der Waals surface area contributed by atoms with E-state index < -0.39 is 11.8 Å². The molecule has 0 unspecified atom stereocenters. The third-order valence-corrected chi connectivity index (χ3v) is 18.9. The molecule has 8 nitrogen and oxygen atoms in total. The van der Waals surface area contributed by atoms with E-state index in [1.54, 1.807) is 0 Å². The van der Waals surface area contributed by atoms with Crippen molar-refractivity contribution < 1.29 is 19.2 Å². The van der Waals surface area contributed by atoms with Gasteiger partial charge in [-0.05, 0) is 198 Å². The number of nitrogens with zero attached hydrogens (tertiary/aromatic N) is 4. The summed E-state index contributed by atoms with van der Waals surface area (Å²) in [6.45, 7) is 16.8. The zero-order chi connectivity index (χ0) is 63.4. The standard InChI is InChI=1S/C84H68N4O4/c1-49(2)61-31-21-32-62(50(3)4)79(61)87-81(89)67-45-43-65-74-70(54-37-41-60(42-38-54)86(57-27-17-11-18-28-57)58-29-19-12-20-30-58)48-72-76-68(82(90)88(84(72)92)80-63(51(5)6)33-22-34-64(80)52(7)8)46-44-66(78(74)76)73-69(47-71(83(87)91)75(67)77(65)73)53-35-39-59(40-36-53)85(55-23-13-9-14-24-55)56-25-15-10-16-26-56/h9-52H,1-8H3. The minimum atomic E-state index is -0.398. The first-order chi connectivity index (χ1) is 44.7. The van der Waals surface area contributed by atoms with E-state index in [1.165, 1.54) is 9.80 Å². The third-order valence-electron chi connectivity index (χ3n) is 18.9. The topological polar surface area (TPSA) is 81.2 Å². The lowest BCUT2D eigenvalue weighted by molar-refractivity contribution is 0.0877. The van der Waals surface area contributed by atoms with Crippen LogP contribution in [0, 0.1) is 0 Å². The zero-order valence-electron chi connectivity index (χ0n) is 52.8. The molecule has 0 bridgehead atoms. The number of fused-ring (bicyclic) bond motifs is 2. The molecular formula is C84H68N4O4. The molecule has 2 heterocycles. The Labute approximate surface area is 536 Å². The molecule has 0 spiro atoms. The fraction of sp³-hybridized carbons (Fsp3) is 0.143. The first-order valence-electron chi connectivity index (χ1n) is 32.0. The van der Waals surface area contributed by atoms with Gasteiger partial charge in [0.1, 0.15) is 0 Å². The molecule has 0 fully saturated rings. The Balaban J connectivity index is 1.05. The summed E-state index contributed by atoms with van der Waals surface area (Å²) in [6, 6.07) is 82.2. The molecule has 0 aliphatic carbocycles. The fourth-order valence-electron chi connectivity index (χ4n) is 14.7. The van der Waals surface area contributed by atoms with Crippen molar-refractivity contribution >= 4 is 112 Å². The normalized spacial score (nSPS) is 13.2. The van der Waals surface area contributed by atoms with Gasteiger partial charge in [0.05, 0.1) is 11.4 Å². The fourth-order valence-corrected chi connectivity index (χ4v) is 14.7. The van der Waals surface area contributed by atoms with Gasteiger partial charge in [-0.25, -0.2) is 9.80 Å². The Morgan fingerprint density at radius 3 is 0.804 bits per heavy atom. The number of amides is 4. The lowest BCUT2D eigenvalue weighted by atomic mass is 9.77. The lowest BCUT2D eigenvalue weighted by Crippen LogP contribution is -2.42. The van der Waals surface area contributed by atoms with Crippen molar-refractivity contribution in [3.05, 3.63) is 287 Å². The number of benzene rings is 13. The first-order valence-corrected chi connectivity index (χ1v) is 32.0. The Kier molecular flexibility index (Phi) is 14.1. The smallest absolute Gasteiger partial charge is 0.266 e. The van der Waals surface area contributed by atoms with Gasteiger partial charge in [-0.3, -0.25) is 19.2 Å². The van der Waals surface area contributed by atoms with Crippen LogP contribution in [-0.2, 0) is 0 Å². The van der Waals surface area contributed by atoms with E-state index in [1.807, 2.05) is 146 Å². The van der Waals surface area contributed by atoms with Crippen molar-refractivity contribution in [3.63, 3.8) is 0 Å². The number of anilines is 8. The van der Waals surface area contributed by atoms with Crippen LogP contribution >= 0.6 is 0 Å². The van der Waals surface area contributed by atoms with Gasteiger partial charge in [0.2, 0.25) is 0 Å². The number of carbonyl (C=O) groups is 4. The Morgan fingerprint density at radius 1 is 0.250 bits per heavy atom. The second-order valence-electron chi connectivity index (χ2n) is 25.7. The summed E-state index contributed by atoms with van der Waals surface area (Å²) >= 11 is 0. The van der Waals surface area contributed by atoms with Gasteiger partial charge in [0.25, 0.3) is 23.6 Å². The summed E-state index contributed by atoms with van der Waals surface area (Å²) in [4.78, 5) is 71.7. The third kappa shape index (κ3) is 9.02. The van der Waals surface area contributed by atoms with Gasteiger partial charge < -0.3 is 9.80 Å². The molecule has 0 radical (unpaired) electrons. The summed E-state index contributed by atoms with van der Waals surface area (Å²) in [6.07, 6.45) is 0. The monoisotopic (exact) mass is 1200 g/mol. The first kappa shape index (κ1) is 57.5. The average molecular weight is 1200 g/mol. The highest BCUT2D eigenvalue weighted by Crippen LogP contribution is 2.54. The van der Waals surface area contributed by atoms with E-state index in [9.17, 15) is 0 Å². The summed E-state index contributed by atoms with van der Waals surface area (Å²) in [5.74, 6) is -1.57. The lowest BCUT2D eigenvalue weighted by Gasteiger charge is -2.34. The molecular weight excluding hydrogens is 1130 g/mol. The maximum Gasteiger partial charge on any atom is 0.266 e. The Morgan fingerprint density at radius 2 is 0.522 bits per heavy atom. The molecule has 4 amide bonds. The van der Waals surface area contributed by atoms with Crippen molar-refractivity contribution in [2.24, 2.45) is 0 Å². The van der Waals surface area contributed by atoms with Crippen molar-refractivity contribution in [1.29, 1.82) is 0 Å². The van der Waals surface area contributed by atoms with Gasteiger partial charge in [-0.1, -0.05) is 201 Å². The average Bonchev–Trinajstić information content (AvgIpc) is 0.678. The number of hydrogen-bond donors (Lipinski definition) is 0. The van der Waals surface area contributed by atoms with Crippen molar-refractivity contribution in [3.8, 4) is 22.3 Å². The van der Waals surface area contributed by atoms with Crippen LogP contribution in [0.5, 0.6) is 0 Å². The van der Waals surface area contributed by atoms with Crippen LogP contribution in [0.1, 0.15) is 143 Å². The quantitative estimate of drug-likeness (QED) is 0.0613. The molecule has 0 saturated carbocycles. The summed E-state index contributed by atoms with van der Waals surface area (Å²) in [5.41, 5.74) is 15.7. The number of carbonyl (C=O) groups excluding carboxylic acids is 4. The maximum atomic E-state index is 16.3. The largest absolute Gasteiger partial charge is 0.311 e. The van der Waals surface area contributed by atoms with Crippen LogP contribution in [-0.4, -0.2) is 23.6 Å². The molecule has 15 rings (SSSR count). The van der Waals surface area contributed by atoms with Gasteiger partial charge in [0.15, 0.2) is 0 Å². The van der Waals surface area contributed by atoms with E-state index >= 15 is 19.2 Å². The Hall–Kier alpha value is -11.0. The molecule has 13 aromatic carbocycles. The predicted molar refractivity (Wildman–Crippen MR) is 379 cm³/mol. The highest BCUT2D eigenvalue weighted by atomic mass is 16.2. The second kappa shape index (κ2) is 22.5. The number of hydrogen-bond acceptors (Lipinski definition) is 6. The molecule has 0 saturated heterocycles. The molecule has 8 heteroatoms. The predicted octanol–water partition coefficient (Wildman–Crippen LogP) is 22.1. The minimum Gasteiger partial charge on any atom is -0.311 e. The van der Waals surface area contributed by atoms with Gasteiger partial charge >= 0.3 is 0 Å². The van der Waals surface area contributed by atoms with Gasteiger partial charge in [-0.2, -0.15) is 0 Å². The van der Waals surface area contributed by atoms with Gasteiger partial charge in [0, 0.05) is 67.2 Å². The summed E-state index contributed by atoms with van der Waals surface area (Å²) in [5, 5.41) is 5.86. The Bertz CT molecular complexity index is 4660. The van der Waals surface area contributed by atoms with Crippen molar-refractivity contribution in [1.82, 2.24) is 0 Å². The number of para-hydroxylation sites is 6. The molecule has 2 aliphatic rings. The molecule has 13 aromatic rings. The maximum absolute atomic E-state index is 16.3. The highest BCUT2D eigenvalue weighted by molar-refractivity contribution is 6.48. The number of rotatable bonds is 14. The SMILES string of the molecule is CC(C)c1cccc(C(C)C)c1N1C(=O)c2ccc3c4c(-c5ccc(N(c6ccccc6)c6ccccc6)cc5)cc5c6c(ccc(c7c(-c8ccc(N(c9ccccc9)c9ccccc9)cc8)cc(c2c37)C1=O)c64)C(=O)N(c1c(C(C)C)cccc1C(C)C)C5=O. The van der Waals surface area contributed by atoms with Crippen LogP contribution < -0.4 is 19.6 Å². The zero-order valence-corrected chi connectivity index (χ0v) is 52.8. The van der Waals surface area contributed by atoms with Crippen LogP contribution in [0.15, 0.2) is 243 Å². The summed E-state index contributed by atoms with van der Waals surface area (Å²) < 4.78 is 0.